The van der Waals surface area contributed by atoms with Gasteiger partial charge in [-0.3, -0.25) is 9.59 Å². The first kappa shape index (κ1) is 19.3. The van der Waals surface area contributed by atoms with E-state index < -0.39 is 5.91 Å². The number of fused-ring (bicyclic) bond motifs is 1. The lowest BCUT2D eigenvalue weighted by atomic mass is 10.1. The Kier molecular flexibility index (Phi) is 5.22. The molecule has 1 heterocycles. The van der Waals surface area contributed by atoms with Gasteiger partial charge in [0.25, 0.3) is 11.5 Å². The summed E-state index contributed by atoms with van der Waals surface area (Å²) in [6, 6.07) is 22.0. The summed E-state index contributed by atoms with van der Waals surface area (Å²) in [6.45, 7) is 3.98. The van der Waals surface area contributed by atoms with E-state index in [1.165, 1.54) is 4.68 Å². The van der Waals surface area contributed by atoms with Crippen molar-refractivity contribution < 1.29 is 4.79 Å². The number of carbonyl (C=O) groups is 1. The van der Waals surface area contributed by atoms with E-state index in [1.807, 2.05) is 50.2 Å². The summed E-state index contributed by atoms with van der Waals surface area (Å²) in [5.41, 5.74) is 6.05. The maximum Gasteiger partial charge on any atom is 0.292 e. The van der Waals surface area contributed by atoms with E-state index in [0.717, 1.165) is 16.7 Å². The lowest BCUT2D eigenvalue weighted by Gasteiger charge is -2.10. The zero-order valence-corrected chi connectivity index (χ0v) is 16.7. The fraction of sp³-hybridized carbons (Fsp3) is 0.0833. The molecule has 0 aliphatic rings. The van der Waals surface area contributed by atoms with Crippen LogP contribution >= 0.6 is 0 Å². The molecule has 148 valence electrons. The molecular weight excluding hydrogens is 376 g/mol. The fourth-order valence-electron chi connectivity index (χ4n) is 3.21. The molecule has 3 aromatic carbocycles. The van der Waals surface area contributed by atoms with Crippen LogP contribution in [0.4, 0.5) is 0 Å². The van der Waals surface area contributed by atoms with E-state index in [2.05, 4.69) is 15.6 Å². The van der Waals surface area contributed by atoms with Crippen LogP contribution in [-0.4, -0.2) is 21.9 Å². The van der Waals surface area contributed by atoms with Crippen molar-refractivity contribution in [3.05, 3.63) is 106 Å². The standard InChI is InChI=1S/C24H20N4O2/c1-16-12-13-17(2)18(14-16)15-25-26-23(29)22-20-10-6-7-11-21(20)24(30)28(27-22)19-8-4-3-5-9-19/h3-15H,1-2H3,(H,26,29)/b25-15-. The van der Waals surface area contributed by atoms with Crippen LogP contribution in [0.1, 0.15) is 27.2 Å². The Labute approximate surface area is 173 Å². The van der Waals surface area contributed by atoms with Gasteiger partial charge in [0.1, 0.15) is 0 Å². The number of aryl methyl sites for hydroxylation is 2. The van der Waals surface area contributed by atoms with Crippen LogP contribution in [0.5, 0.6) is 0 Å². The van der Waals surface area contributed by atoms with Crippen molar-refractivity contribution in [1.82, 2.24) is 15.2 Å². The molecule has 0 atom stereocenters. The number of aromatic nitrogens is 2. The summed E-state index contributed by atoms with van der Waals surface area (Å²) in [7, 11) is 0. The Balaban J connectivity index is 1.73. The molecule has 30 heavy (non-hydrogen) atoms. The number of hydrazone groups is 1. The predicted octanol–water partition coefficient (Wildman–Crippen LogP) is 3.77. The first-order valence-corrected chi connectivity index (χ1v) is 9.53. The van der Waals surface area contributed by atoms with Crippen molar-refractivity contribution in [1.29, 1.82) is 0 Å². The fourth-order valence-corrected chi connectivity index (χ4v) is 3.21. The number of rotatable bonds is 4. The van der Waals surface area contributed by atoms with E-state index in [4.69, 9.17) is 0 Å². The van der Waals surface area contributed by atoms with Crippen LogP contribution in [0.3, 0.4) is 0 Å². The van der Waals surface area contributed by atoms with Gasteiger partial charge in [-0.05, 0) is 43.2 Å². The van der Waals surface area contributed by atoms with Crippen LogP contribution < -0.4 is 11.0 Å². The number of nitrogens with one attached hydrogen (secondary N) is 1. The molecule has 6 nitrogen and oxygen atoms in total. The van der Waals surface area contributed by atoms with Gasteiger partial charge in [-0.15, -0.1) is 0 Å². The quantitative estimate of drug-likeness (QED) is 0.421. The van der Waals surface area contributed by atoms with Crippen LogP contribution in [-0.2, 0) is 0 Å². The van der Waals surface area contributed by atoms with Gasteiger partial charge in [-0.1, -0.05) is 60.2 Å². The lowest BCUT2D eigenvalue weighted by Crippen LogP contribution is -2.28. The van der Waals surface area contributed by atoms with Crippen molar-refractivity contribution >= 4 is 22.9 Å². The Bertz CT molecular complexity index is 1320. The maximum absolute atomic E-state index is 12.9. The van der Waals surface area contributed by atoms with Crippen molar-refractivity contribution in [2.45, 2.75) is 13.8 Å². The molecule has 1 aromatic heterocycles. The molecular formula is C24H20N4O2. The van der Waals surface area contributed by atoms with E-state index in [1.54, 1.807) is 42.6 Å². The van der Waals surface area contributed by atoms with Crippen LogP contribution in [0, 0.1) is 13.8 Å². The average molecular weight is 396 g/mol. The maximum atomic E-state index is 12.9. The lowest BCUT2D eigenvalue weighted by molar-refractivity contribution is 0.0950. The summed E-state index contributed by atoms with van der Waals surface area (Å²) in [6.07, 6.45) is 1.61. The summed E-state index contributed by atoms with van der Waals surface area (Å²) in [5.74, 6) is -0.488. The largest absolute Gasteiger partial charge is 0.292 e. The second kappa shape index (κ2) is 8.13. The number of benzene rings is 3. The molecule has 1 N–H and O–H groups in total. The molecule has 0 spiro atoms. The minimum Gasteiger partial charge on any atom is -0.267 e. The molecule has 4 rings (SSSR count). The Hall–Kier alpha value is -4.06. The summed E-state index contributed by atoms with van der Waals surface area (Å²) in [5, 5.41) is 9.34. The number of nitrogens with zero attached hydrogens (tertiary/aromatic N) is 3. The molecule has 1 amide bonds. The zero-order valence-electron chi connectivity index (χ0n) is 16.7. The van der Waals surface area contributed by atoms with Crippen molar-refractivity contribution in [2.75, 3.05) is 0 Å². The third-order valence-corrected chi connectivity index (χ3v) is 4.83. The highest BCUT2D eigenvalue weighted by Gasteiger charge is 2.17. The predicted molar refractivity (Wildman–Crippen MR) is 118 cm³/mol. The number of carbonyl (C=O) groups excluding carboxylic acids is 1. The summed E-state index contributed by atoms with van der Waals surface area (Å²) >= 11 is 0. The summed E-state index contributed by atoms with van der Waals surface area (Å²) in [4.78, 5) is 25.8. The number of hydrogen-bond donors (Lipinski definition) is 1. The van der Waals surface area contributed by atoms with Crippen LogP contribution in [0.25, 0.3) is 16.5 Å². The smallest absolute Gasteiger partial charge is 0.267 e. The molecule has 0 saturated carbocycles. The van der Waals surface area contributed by atoms with Gasteiger partial charge >= 0.3 is 0 Å². The first-order valence-electron chi connectivity index (χ1n) is 9.53. The SMILES string of the molecule is Cc1ccc(C)c(/C=N\NC(=O)c2nn(-c3ccccc3)c(=O)c3ccccc23)c1. The van der Waals surface area contributed by atoms with Gasteiger partial charge in [0.2, 0.25) is 0 Å². The van der Waals surface area contributed by atoms with Gasteiger partial charge in [0.05, 0.1) is 17.3 Å². The van der Waals surface area contributed by atoms with Gasteiger partial charge in [-0.25, -0.2) is 5.43 Å². The molecule has 0 radical (unpaired) electrons. The highest BCUT2D eigenvalue weighted by molar-refractivity contribution is 6.05. The molecule has 4 aromatic rings. The third kappa shape index (κ3) is 3.75. The second-order valence-electron chi connectivity index (χ2n) is 7.01. The van der Waals surface area contributed by atoms with Gasteiger partial charge in [0.15, 0.2) is 5.69 Å². The van der Waals surface area contributed by atoms with Gasteiger partial charge < -0.3 is 0 Å². The molecule has 0 saturated heterocycles. The van der Waals surface area contributed by atoms with Gasteiger partial charge in [0, 0.05) is 5.39 Å². The van der Waals surface area contributed by atoms with E-state index in [9.17, 15) is 9.59 Å². The van der Waals surface area contributed by atoms with E-state index in [-0.39, 0.29) is 11.3 Å². The van der Waals surface area contributed by atoms with E-state index in [0.29, 0.717) is 16.5 Å². The minimum atomic E-state index is -0.488. The zero-order chi connectivity index (χ0) is 21.1. The Morgan fingerprint density at radius 2 is 1.67 bits per heavy atom. The van der Waals surface area contributed by atoms with Gasteiger partial charge in [-0.2, -0.15) is 14.9 Å². The number of hydrogen-bond acceptors (Lipinski definition) is 4. The van der Waals surface area contributed by atoms with Crippen molar-refractivity contribution in [3.63, 3.8) is 0 Å². The third-order valence-electron chi connectivity index (χ3n) is 4.83. The number of para-hydroxylation sites is 1. The topological polar surface area (TPSA) is 76.3 Å². The first-order chi connectivity index (χ1) is 14.5. The minimum absolute atomic E-state index is 0.132. The molecule has 0 aliphatic heterocycles. The Morgan fingerprint density at radius 3 is 2.43 bits per heavy atom. The average Bonchev–Trinajstić information content (AvgIpc) is 2.77. The van der Waals surface area contributed by atoms with Crippen LogP contribution in [0.15, 0.2) is 82.7 Å². The van der Waals surface area contributed by atoms with E-state index >= 15 is 0 Å². The normalized spacial score (nSPS) is 11.1. The summed E-state index contributed by atoms with van der Waals surface area (Å²) < 4.78 is 1.24. The highest BCUT2D eigenvalue weighted by atomic mass is 16.2. The molecule has 0 bridgehead atoms. The number of amides is 1. The molecule has 0 fully saturated rings. The monoisotopic (exact) mass is 396 g/mol. The second-order valence-corrected chi connectivity index (χ2v) is 7.01. The van der Waals surface area contributed by atoms with Crippen LogP contribution in [0.2, 0.25) is 0 Å². The molecule has 0 unspecified atom stereocenters. The van der Waals surface area contributed by atoms with Crippen molar-refractivity contribution in [2.24, 2.45) is 5.10 Å². The van der Waals surface area contributed by atoms with Crippen molar-refractivity contribution in [3.8, 4) is 5.69 Å². The Morgan fingerprint density at radius 1 is 0.967 bits per heavy atom. The molecule has 6 heteroatoms. The molecule has 0 aliphatic carbocycles. The highest BCUT2D eigenvalue weighted by Crippen LogP contribution is 2.15.